The van der Waals surface area contributed by atoms with E-state index >= 15 is 0 Å². The fourth-order valence-electron chi connectivity index (χ4n) is 1.13. The van der Waals surface area contributed by atoms with E-state index in [2.05, 4.69) is 10.6 Å². The van der Waals surface area contributed by atoms with E-state index in [1.54, 1.807) is 0 Å². The van der Waals surface area contributed by atoms with E-state index in [1.165, 1.54) is 6.92 Å². The molecule has 0 aromatic heterocycles. The lowest BCUT2D eigenvalue weighted by atomic mass is 10.0. The first-order chi connectivity index (χ1) is 6.34. The molecule has 14 heavy (non-hydrogen) atoms. The molecule has 0 radical (unpaired) electrons. The number of amides is 2. The van der Waals surface area contributed by atoms with Gasteiger partial charge in [0, 0.05) is 13.0 Å². The van der Waals surface area contributed by atoms with Crippen molar-refractivity contribution in [3.8, 4) is 0 Å². The van der Waals surface area contributed by atoms with Crippen molar-refractivity contribution in [2.45, 2.75) is 46.7 Å². The van der Waals surface area contributed by atoms with Crippen LogP contribution < -0.4 is 10.6 Å². The highest BCUT2D eigenvalue weighted by Gasteiger charge is 2.22. The first kappa shape index (κ1) is 12.9. The van der Waals surface area contributed by atoms with Gasteiger partial charge in [-0.15, -0.1) is 0 Å². The lowest BCUT2D eigenvalue weighted by molar-refractivity contribution is -0.129. The summed E-state index contributed by atoms with van der Waals surface area (Å²) < 4.78 is 0. The number of rotatable bonds is 4. The van der Waals surface area contributed by atoms with Crippen LogP contribution in [0.1, 0.15) is 34.6 Å². The Morgan fingerprint density at radius 3 is 1.79 bits per heavy atom. The standard InChI is InChI=1S/C10H20N2O2/c1-6(2)9(12-8(5)13)10(14)11-7(3)4/h6-7,9H,1-5H3,(H,11,14)(H,12,13)/t9-/m0/s1. The highest BCUT2D eigenvalue weighted by molar-refractivity contribution is 5.87. The maximum atomic E-state index is 11.6. The van der Waals surface area contributed by atoms with Crippen molar-refractivity contribution in [3.63, 3.8) is 0 Å². The molecule has 0 saturated carbocycles. The Balaban J connectivity index is 4.33. The molecule has 0 unspecified atom stereocenters. The topological polar surface area (TPSA) is 58.2 Å². The smallest absolute Gasteiger partial charge is 0.243 e. The van der Waals surface area contributed by atoms with E-state index in [1.807, 2.05) is 27.7 Å². The van der Waals surface area contributed by atoms with Gasteiger partial charge in [0.15, 0.2) is 0 Å². The van der Waals surface area contributed by atoms with Crippen molar-refractivity contribution in [1.29, 1.82) is 0 Å². The van der Waals surface area contributed by atoms with Crippen molar-refractivity contribution in [2.75, 3.05) is 0 Å². The number of carbonyl (C=O) groups is 2. The van der Waals surface area contributed by atoms with Crippen LogP contribution in [0.2, 0.25) is 0 Å². The number of nitrogens with one attached hydrogen (secondary N) is 2. The van der Waals surface area contributed by atoms with Gasteiger partial charge in [0.1, 0.15) is 6.04 Å². The van der Waals surface area contributed by atoms with E-state index < -0.39 is 6.04 Å². The van der Waals surface area contributed by atoms with Crippen LogP contribution >= 0.6 is 0 Å². The fraction of sp³-hybridized carbons (Fsp3) is 0.800. The fourth-order valence-corrected chi connectivity index (χ4v) is 1.13. The Kier molecular flexibility index (Phi) is 5.20. The highest BCUT2D eigenvalue weighted by Crippen LogP contribution is 2.02. The minimum atomic E-state index is -0.435. The molecule has 0 aromatic rings. The monoisotopic (exact) mass is 200 g/mol. The predicted octanol–water partition coefficient (Wildman–Crippen LogP) is 0.672. The Hall–Kier alpha value is -1.06. The van der Waals surface area contributed by atoms with Crippen LogP contribution in [-0.2, 0) is 9.59 Å². The van der Waals surface area contributed by atoms with Crippen molar-refractivity contribution in [1.82, 2.24) is 10.6 Å². The molecule has 0 aliphatic heterocycles. The summed E-state index contributed by atoms with van der Waals surface area (Å²) >= 11 is 0. The van der Waals surface area contributed by atoms with E-state index in [0.29, 0.717) is 0 Å². The van der Waals surface area contributed by atoms with Gasteiger partial charge >= 0.3 is 0 Å². The molecule has 1 atom stereocenters. The summed E-state index contributed by atoms with van der Waals surface area (Å²) in [7, 11) is 0. The van der Waals surface area contributed by atoms with Gasteiger partial charge in [0.2, 0.25) is 11.8 Å². The first-order valence-electron chi connectivity index (χ1n) is 4.92. The van der Waals surface area contributed by atoms with Gasteiger partial charge in [-0.05, 0) is 19.8 Å². The summed E-state index contributed by atoms with van der Waals surface area (Å²) in [6.45, 7) is 9.01. The van der Waals surface area contributed by atoms with Gasteiger partial charge in [-0.1, -0.05) is 13.8 Å². The second-order valence-electron chi connectivity index (χ2n) is 4.09. The van der Waals surface area contributed by atoms with Gasteiger partial charge in [-0.3, -0.25) is 9.59 Å². The third kappa shape index (κ3) is 4.84. The van der Waals surface area contributed by atoms with Crippen LogP contribution in [0, 0.1) is 5.92 Å². The summed E-state index contributed by atoms with van der Waals surface area (Å²) in [5, 5.41) is 5.41. The summed E-state index contributed by atoms with van der Waals surface area (Å²) in [6, 6.07) is -0.340. The lowest BCUT2D eigenvalue weighted by Crippen LogP contribution is -2.50. The minimum Gasteiger partial charge on any atom is -0.352 e. The number of carbonyl (C=O) groups excluding carboxylic acids is 2. The first-order valence-corrected chi connectivity index (χ1v) is 4.92. The molecule has 0 saturated heterocycles. The van der Waals surface area contributed by atoms with E-state index in [-0.39, 0.29) is 23.8 Å². The number of hydrogen-bond donors (Lipinski definition) is 2. The average Bonchev–Trinajstić information content (AvgIpc) is 1.97. The van der Waals surface area contributed by atoms with Crippen LogP contribution in [0.3, 0.4) is 0 Å². The summed E-state index contributed by atoms with van der Waals surface area (Å²) in [5.74, 6) is -0.203. The summed E-state index contributed by atoms with van der Waals surface area (Å²) in [6.07, 6.45) is 0. The van der Waals surface area contributed by atoms with Crippen LogP contribution in [0.5, 0.6) is 0 Å². The van der Waals surface area contributed by atoms with Crippen LogP contribution in [0.25, 0.3) is 0 Å². The zero-order valence-electron chi connectivity index (χ0n) is 9.55. The Morgan fingerprint density at radius 2 is 1.50 bits per heavy atom. The maximum Gasteiger partial charge on any atom is 0.243 e. The average molecular weight is 200 g/mol. The summed E-state index contributed by atoms with van der Waals surface area (Å²) in [5.41, 5.74) is 0. The number of hydrogen-bond acceptors (Lipinski definition) is 2. The molecule has 0 spiro atoms. The van der Waals surface area contributed by atoms with Crippen molar-refractivity contribution < 1.29 is 9.59 Å². The molecule has 0 aromatic carbocycles. The molecular formula is C10H20N2O2. The van der Waals surface area contributed by atoms with Gasteiger partial charge < -0.3 is 10.6 Å². The molecule has 4 nitrogen and oxygen atoms in total. The second kappa shape index (κ2) is 5.62. The van der Waals surface area contributed by atoms with E-state index in [9.17, 15) is 9.59 Å². The molecule has 2 N–H and O–H groups in total. The van der Waals surface area contributed by atoms with Gasteiger partial charge in [0.25, 0.3) is 0 Å². The predicted molar refractivity (Wildman–Crippen MR) is 55.7 cm³/mol. The molecule has 0 aliphatic rings. The van der Waals surface area contributed by atoms with Gasteiger partial charge in [-0.2, -0.15) is 0 Å². The second-order valence-corrected chi connectivity index (χ2v) is 4.09. The Morgan fingerprint density at radius 1 is 1.00 bits per heavy atom. The maximum absolute atomic E-state index is 11.6. The lowest BCUT2D eigenvalue weighted by Gasteiger charge is -2.22. The molecule has 0 fully saturated rings. The van der Waals surface area contributed by atoms with Gasteiger partial charge in [-0.25, -0.2) is 0 Å². The molecule has 0 rings (SSSR count). The van der Waals surface area contributed by atoms with Crippen molar-refractivity contribution in [3.05, 3.63) is 0 Å². The molecule has 0 aliphatic carbocycles. The zero-order valence-corrected chi connectivity index (χ0v) is 9.55. The van der Waals surface area contributed by atoms with E-state index in [4.69, 9.17) is 0 Å². The molecule has 2 amide bonds. The van der Waals surface area contributed by atoms with Crippen molar-refractivity contribution in [2.24, 2.45) is 5.92 Å². The normalized spacial score (nSPS) is 12.8. The largest absolute Gasteiger partial charge is 0.352 e. The van der Waals surface area contributed by atoms with Crippen LogP contribution in [-0.4, -0.2) is 23.9 Å². The molecule has 82 valence electrons. The van der Waals surface area contributed by atoms with Crippen molar-refractivity contribution >= 4 is 11.8 Å². The minimum absolute atomic E-state index is 0.0949. The zero-order chi connectivity index (χ0) is 11.3. The SMILES string of the molecule is CC(=O)N[C@H](C(=O)NC(C)C)C(C)C. The Bertz CT molecular complexity index is 212. The molecule has 0 heterocycles. The van der Waals surface area contributed by atoms with Crippen LogP contribution in [0.4, 0.5) is 0 Å². The third-order valence-corrected chi connectivity index (χ3v) is 1.74. The quantitative estimate of drug-likeness (QED) is 0.701. The Labute approximate surface area is 85.4 Å². The highest BCUT2D eigenvalue weighted by atomic mass is 16.2. The molecular weight excluding hydrogens is 180 g/mol. The van der Waals surface area contributed by atoms with Crippen LogP contribution in [0.15, 0.2) is 0 Å². The van der Waals surface area contributed by atoms with Gasteiger partial charge in [0.05, 0.1) is 0 Å². The third-order valence-electron chi connectivity index (χ3n) is 1.74. The molecule has 0 bridgehead atoms. The van der Waals surface area contributed by atoms with E-state index in [0.717, 1.165) is 0 Å². The molecule has 4 heteroatoms. The summed E-state index contributed by atoms with van der Waals surface area (Å²) in [4.78, 5) is 22.5.